The summed E-state index contributed by atoms with van der Waals surface area (Å²) in [7, 11) is -3.48. The molecular formula is C12H23N5O3S. The third-order valence-electron chi connectivity index (χ3n) is 3.57. The highest BCUT2D eigenvalue weighted by molar-refractivity contribution is 7.87. The fourth-order valence-electron chi connectivity index (χ4n) is 2.36. The molecule has 1 aliphatic rings. The molecule has 0 aliphatic carbocycles. The Bertz CT molecular complexity index is 537. The van der Waals surface area contributed by atoms with Crippen LogP contribution in [0.4, 0.5) is 0 Å². The third kappa shape index (κ3) is 4.73. The average molecular weight is 317 g/mol. The van der Waals surface area contributed by atoms with E-state index in [1.54, 1.807) is 6.92 Å². The maximum Gasteiger partial charge on any atom is 0.279 e. The lowest BCUT2D eigenvalue weighted by Crippen LogP contribution is -2.45. The molecule has 1 aromatic rings. The van der Waals surface area contributed by atoms with Crippen molar-refractivity contribution in [1.82, 2.24) is 24.5 Å². The van der Waals surface area contributed by atoms with E-state index >= 15 is 0 Å². The summed E-state index contributed by atoms with van der Waals surface area (Å²) in [5, 5.41) is 6.94. The van der Waals surface area contributed by atoms with Crippen molar-refractivity contribution in [3.63, 3.8) is 0 Å². The van der Waals surface area contributed by atoms with Gasteiger partial charge in [-0.15, -0.1) is 0 Å². The van der Waals surface area contributed by atoms with Crippen molar-refractivity contribution in [2.24, 2.45) is 5.92 Å². The highest BCUT2D eigenvalue weighted by Gasteiger charge is 2.27. The third-order valence-corrected chi connectivity index (χ3v) is 5.13. The van der Waals surface area contributed by atoms with Gasteiger partial charge in [-0.25, -0.2) is 0 Å². The van der Waals surface area contributed by atoms with E-state index in [1.807, 2.05) is 0 Å². The zero-order valence-electron chi connectivity index (χ0n) is 12.5. The molecule has 9 heteroatoms. The van der Waals surface area contributed by atoms with Crippen LogP contribution >= 0.6 is 0 Å². The second kappa shape index (κ2) is 7.30. The number of aryl methyl sites for hydroxylation is 1. The fourth-order valence-corrected chi connectivity index (χ4v) is 3.54. The van der Waals surface area contributed by atoms with Gasteiger partial charge in [-0.3, -0.25) is 0 Å². The normalized spacial score (nSPS) is 18.2. The molecule has 1 fully saturated rings. The van der Waals surface area contributed by atoms with Gasteiger partial charge in [0, 0.05) is 13.1 Å². The molecule has 0 radical (unpaired) electrons. The summed E-state index contributed by atoms with van der Waals surface area (Å²) in [4.78, 5) is 3.97. The number of nitrogens with one attached hydrogen (secondary N) is 2. The van der Waals surface area contributed by atoms with Crippen molar-refractivity contribution in [2.75, 3.05) is 26.2 Å². The number of hydrogen-bond donors (Lipinski definition) is 2. The maximum absolute atomic E-state index is 12.2. The first kappa shape index (κ1) is 16.3. The minimum Gasteiger partial charge on any atom is -0.338 e. The molecular weight excluding hydrogens is 294 g/mol. The maximum atomic E-state index is 12.2. The first-order valence-electron chi connectivity index (χ1n) is 7.26. The Balaban J connectivity index is 1.81. The largest absolute Gasteiger partial charge is 0.338 e. The summed E-state index contributed by atoms with van der Waals surface area (Å²) < 4.78 is 33.3. The van der Waals surface area contributed by atoms with Crippen molar-refractivity contribution in [1.29, 1.82) is 0 Å². The smallest absolute Gasteiger partial charge is 0.279 e. The van der Waals surface area contributed by atoms with Crippen molar-refractivity contribution in [3.05, 3.63) is 11.7 Å². The van der Waals surface area contributed by atoms with Crippen LogP contribution in [-0.4, -0.2) is 49.0 Å². The monoisotopic (exact) mass is 317 g/mol. The highest BCUT2D eigenvalue weighted by Crippen LogP contribution is 2.18. The van der Waals surface area contributed by atoms with Crippen LogP contribution in [0.5, 0.6) is 0 Å². The van der Waals surface area contributed by atoms with E-state index < -0.39 is 10.2 Å². The second-order valence-electron chi connectivity index (χ2n) is 5.21. The SMILES string of the molecule is CCNCC1CCN(S(=O)(=O)NCc2nc(C)no2)CC1. The van der Waals surface area contributed by atoms with E-state index in [4.69, 9.17) is 4.52 Å². The van der Waals surface area contributed by atoms with Gasteiger partial charge in [0.25, 0.3) is 10.2 Å². The summed E-state index contributed by atoms with van der Waals surface area (Å²) in [5.74, 6) is 1.32. The summed E-state index contributed by atoms with van der Waals surface area (Å²) in [6.07, 6.45) is 1.77. The van der Waals surface area contributed by atoms with Gasteiger partial charge < -0.3 is 9.84 Å². The molecule has 120 valence electrons. The Morgan fingerprint density at radius 3 is 2.67 bits per heavy atom. The van der Waals surface area contributed by atoms with Crippen LogP contribution in [0, 0.1) is 12.8 Å². The number of nitrogens with zero attached hydrogens (tertiary/aromatic N) is 3. The molecule has 0 spiro atoms. The van der Waals surface area contributed by atoms with Crippen LogP contribution < -0.4 is 10.0 Å². The molecule has 1 aromatic heterocycles. The molecule has 0 atom stereocenters. The van der Waals surface area contributed by atoms with E-state index in [1.165, 1.54) is 4.31 Å². The minimum atomic E-state index is -3.48. The van der Waals surface area contributed by atoms with Crippen molar-refractivity contribution in [3.8, 4) is 0 Å². The molecule has 0 bridgehead atoms. The average Bonchev–Trinajstić information content (AvgIpc) is 2.89. The quantitative estimate of drug-likeness (QED) is 0.736. The number of piperidine rings is 1. The Kier molecular flexibility index (Phi) is 5.68. The van der Waals surface area contributed by atoms with Crippen LogP contribution in [0.2, 0.25) is 0 Å². The molecule has 1 saturated heterocycles. The zero-order valence-corrected chi connectivity index (χ0v) is 13.3. The summed E-state index contributed by atoms with van der Waals surface area (Å²) in [6, 6.07) is 0. The lowest BCUT2D eigenvalue weighted by molar-refractivity contribution is 0.265. The molecule has 8 nitrogen and oxygen atoms in total. The van der Waals surface area contributed by atoms with Gasteiger partial charge in [0.15, 0.2) is 5.82 Å². The molecule has 2 N–H and O–H groups in total. The second-order valence-corrected chi connectivity index (χ2v) is 6.97. The molecule has 2 rings (SSSR count). The van der Waals surface area contributed by atoms with Crippen LogP contribution in [0.1, 0.15) is 31.5 Å². The van der Waals surface area contributed by atoms with Crippen LogP contribution in [0.25, 0.3) is 0 Å². The van der Waals surface area contributed by atoms with E-state index in [0.717, 1.165) is 25.9 Å². The van der Waals surface area contributed by atoms with Crippen LogP contribution in [-0.2, 0) is 16.8 Å². The first-order chi connectivity index (χ1) is 10.0. The predicted molar refractivity (Wildman–Crippen MR) is 77.6 cm³/mol. The molecule has 0 saturated carbocycles. The molecule has 0 aromatic carbocycles. The Morgan fingerprint density at radius 1 is 1.38 bits per heavy atom. The lowest BCUT2D eigenvalue weighted by atomic mass is 9.98. The van der Waals surface area contributed by atoms with Gasteiger partial charge in [0.2, 0.25) is 5.89 Å². The van der Waals surface area contributed by atoms with Crippen LogP contribution in [0.15, 0.2) is 4.52 Å². The summed E-state index contributed by atoms with van der Waals surface area (Å²) in [5.41, 5.74) is 0. The van der Waals surface area contributed by atoms with E-state index in [0.29, 0.717) is 24.8 Å². The van der Waals surface area contributed by atoms with Gasteiger partial charge in [-0.2, -0.15) is 22.4 Å². The molecule has 2 heterocycles. The zero-order chi connectivity index (χ0) is 15.3. The topological polar surface area (TPSA) is 100 Å². The predicted octanol–water partition coefficient (Wildman–Crippen LogP) is 0.0339. The first-order valence-corrected chi connectivity index (χ1v) is 8.70. The van der Waals surface area contributed by atoms with Gasteiger partial charge in [-0.1, -0.05) is 12.1 Å². The summed E-state index contributed by atoms with van der Waals surface area (Å²) in [6.45, 7) is 6.80. The fraction of sp³-hybridized carbons (Fsp3) is 0.833. The number of rotatable bonds is 7. The number of hydrogen-bond acceptors (Lipinski definition) is 6. The van der Waals surface area contributed by atoms with E-state index in [2.05, 4.69) is 27.1 Å². The molecule has 1 aliphatic heterocycles. The Morgan fingerprint density at radius 2 is 2.10 bits per heavy atom. The van der Waals surface area contributed by atoms with Crippen molar-refractivity contribution < 1.29 is 12.9 Å². The Labute approximate surface area is 125 Å². The summed E-state index contributed by atoms with van der Waals surface area (Å²) >= 11 is 0. The van der Waals surface area contributed by atoms with Crippen molar-refractivity contribution >= 4 is 10.2 Å². The van der Waals surface area contributed by atoms with Gasteiger partial charge in [-0.05, 0) is 38.8 Å². The molecule has 21 heavy (non-hydrogen) atoms. The van der Waals surface area contributed by atoms with E-state index in [9.17, 15) is 8.42 Å². The standard InChI is InChI=1S/C12H23N5O3S/c1-3-13-8-11-4-6-17(7-5-11)21(18,19)14-9-12-15-10(2)16-20-12/h11,13-14H,3-9H2,1-2H3. The van der Waals surface area contributed by atoms with E-state index in [-0.39, 0.29) is 12.4 Å². The number of aromatic nitrogens is 2. The minimum absolute atomic E-state index is 0.0283. The molecule has 0 amide bonds. The highest BCUT2D eigenvalue weighted by atomic mass is 32.2. The molecule has 0 unspecified atom stereocenters. The lowest BCUT2D eigenvalue weighted by Gasteiger charge is -2.31. The van der Waals surface area contributed by atoms with Gasteiger partial charge in [0.1, 0.15) is 0 Å². The van der Waals surface area contributed by atoms with Crippen LogP contribution in [0.3, 0.4) is 0 Å². The Hall–Kier alpha value is -1.03. The van der Waals surface area contributed by atoms with Crippen molar-refractivity contribution in [2.45, 2.75) is 33.2 Å². The van der Waals surface area contributed by atoms with Gasteiger partial charge in [0.05, 0.1) is 6.54 Å². The van der Waals surface area contributed by atoms with Gasteiger partial charge >= 0.3 is 0 Å².